The fraction of sp³-hybridized carbons (Fsp3) is 0.0909. The Hall–Kier alpha value is -2.68. The van der Waals surface area contributed by atoms with Gasteiger partial charge in [0.1, 0.15) is 6.42 Å². The number of nitro benzene ring substituents is 1. The molecule has 0 saturated carbocycles. The number of aldehydes is 1. The van der Waals surface area contributed by atoms with Crippen LogP contribution < -0.4 is 0 Å². The number of carboxylic acid groups (broad SMARTS) is 1. The number of nitrogens with zero attached hydrogens (tertiary/aromatic N) is 1. The van der Waals surface area contributed by atoms with Crippen molar-refractivity contribution in [3.63, 3.8) is 0 Å². The average Bonchev–Trinajstić information content (AvgIpc) is 2.28. The van der Waals surface area contributed by atoms with Gasteiger partial charge in [0.05, 0.1) is 10.5 Å². The minimum Gasteiger partial charge on any atom is -0.481 e. The van der Waals surface area contributed by atoms with E-state index in [0.717, 1.165) is 6.07 Å². The largest absolute Gasteiger partial charge is 0.481 e. The van der Waals surface area contributed by atoms with Gasteiger partial charge in [-0.1, -0.05) is 11.8 Å². The molecule has 0 aliphatic rings. The molecule has 0 amide bonds. The van der Waals surface area contributed by atoms with Crippen LogP contribution in [0.2, 0.25) is 0 Å². The Morgan fingerprint density at radius 3 is 2.76 bits per heavy atom. The second-order valence-electron chi connectivity index (χ2n) is 3.02. The molecule has 1 N–H and O–H groups in total. The van der Waals surface area contributed by atoms with Crippen LogP contribution in [-0.2, 0) is 4.79 Å². The van der Waals surface area contributed by atoms with E-state index < -0.39 is 10.9 Å². The number of benzene rings is 1. The predicted octanol–water partition coefficient (Wildman–Crippen LogP) is 1.23. The Labute approximate surface area is 96.0 Å². The van der Waals surface area contributed by atoms with Crippen molar-refractivity contribution in [1.29, 1.82) is 0 Å². The summed E-state index contributed by atoms with van der Waals surface area (Å²) in [7, 11) is 0. The third kappa shape index (κ3) is 3.43. The maximum atomic E-state index is 10.6. The van der Waals surface area contributed by atoms with Crippen molar-refractivity contribution in [2.24, 2.45) is 0 Å². The Bertz CT molecular complexity index is 539. The van der Waals surface area contributed by atoms with E-state index in [1.165, 1.54) is 12.1 Å². The van der Waals surface area contributed by atoms with Gasteiger partial charge in [0.15, 0.2) is 6.29 Å². The highest BCUT2D eigenvalue weighted by atomic mass is 16.6. The minimum absolute atomic E-state index is 0.0428. The smallest absolute Gasteiger partial charge is 0.315 e. The fourth-order valence-corrected chi connectivity index (χ4v) is 1.10. The lowest BCUT2D eigenvalue weighted by Crippen LogP contribution is -1.95. The highest BCUT2D eigenvalue weighted by molar-refractivity contribution is 5.81. The van der Waals surface area contributed by atoms with Gasteiger partial charge in [-0.25, -0.2) is 0 Å². The fourth-order valence-electron chi connectivity index (χ4n) is 1.10. The molecule has 6 heteroatoms. The second-order valence-corrected chi connectivity index (χ2v) is 3.02. The van der Waals surface area contributed by atoms with E-state index in [1.54, 1.807) is 0 Å². The summed E-state index contributed by atoms with van der Waals surface area (Å²) in [5, 5.41) is 19.0. The first-order chi connectivity index (χ1) is 8.04. The molecular formula is C11H7NO5. The number of hydrogen-bond donors (Lipinski definition) is 1. The third-order valence-electron chi connectivity index (χ3n) is 1.83. The van der Waals surface area contributed by atoms with Crippen molar-refractivity contribution in [2.75, 3.05) is 0 Å². The number of carbonyl (C=O) groups is 2. The SMILES string of the molecule is O=Cc1ccc(C#CCC(=O)O)cc1[N+](=O)[O-]. The third-order valence-corrected chi connectivity index (χ3v) is 1.83. The summed E-state index contributed by atoms with van der Waals surface area (Å²) < 4.78 is 0. The number of carbonyl (C=O) groups excluding carboxylic acids is 1. The normalized spacial score (nSPS) is 8.94. The van der Waals surface area contributed by atoms with E-state index in [1.807, 2.05) is 0 Å². The zero-order valence-electron chi connectivity index (χ0n) is 8.54. The van der Waals surface area contributed by atoms with Crippen molar-refractivity contribution in [3.8, 4) is 11.8 Å². The Morgan fingerprint density at radius 2 is 2.24 bits per heavy atom. The first-order valence-corrected chi connectivity index (χ1v) is 4.49. The van der Waals surface area contributed by atoms with Gasteiger partial charge < -0.3 is 5.11 Å². The molecule has 0 fully saturated rings. The molecule has 6 nitrogen and oxygen atoms in total. The van der Waals surface area contributed by atoms with Gasteiger partial charge in [-0.15, -0.1) is 0 Å². The molecule has 1 aromatic carbocycles. The zero-order valence-corrected chi connectivity index (χ0v) is 8.54. The van der Waals surface area contributed by atoms with Crippen LogP contribution in [0.25, 0.3) is 0 Å². The first kappa shape index (κ1) is 12.4. The van der Waals surface area contributed by atoms with Gasteiger partial charge in [-0.05, 0) is 12.1 Å². The zero-order chi connectivity index (χ0) is 12.8. The highest BCUT2D eigenvalue weighted by Gasteiger charge is 2.12. The molecule has 0 spiro atoms. The summed E-state index contributed by atoms with van der Waals surface area (Å²) in [5.41, 5.74) is -0.0931. The molecule has 0 saturated heterocycles. The topological polar surface area (TPSA) is 97.5 Å². The summed E-state index contributed by atoms with van der Waals surface area (Å²) in [4.78, 5) is 30.7. The van der Waals surface area contributed by atoms with Gasteiger partial charge in [-0.2, -0.15) is 0 Å². The summed E-state index contributed by atoms with van der Waals surface area (Å²) in [5.74, 6) is 3.74. The first-order valence-electron chi connectivity index (χ1n) is 4.49. The molecule has 0 aromatic heterocycles. The van der Waals surface area contributed by atoms with Crippen molar-refractivity contribution in [2.45, 2.75) is 6.42 Å². The molecule has 86 valence electrons. The number of nitro groups is 1. The lowest BCUT2D eigenvalue weighted by atomic mass is 10.1. The second kappa shape index (κ2) is 5.42. The van der Waals surface area contributed by atoms with E-state index in [0.29, 0.717) is 11.8 Å². The maximum Gasteiger partial charge on any atom is 0.315 e. The Balaban J connectivity index is 3.07. The molecule has 0 radical (unpaired) electrons. The van der Waals surface area contributed by atoms with E-state index in [2.05, 4.69) is 11.8 Å². The Kier molecular flexibility index (Phi) is 3.95. The number of hydrogen-bond acceptors (Lipinski definition) is 4. The van der Waals surface area contributed by atoms with Crippen LogP contribution in [0.3, 0.4) is 0 Å². The summed E-state index contributed by atoms with van der Waals surface area (Å²) in [6, 6.07) is 3.83. The summed E-state index contributed by atoms with van der Waals surface area (Å²) in [6.45, 7) is 0. The molecule has 0 bridgehead atoms. The van der Waals surface area contributed by atoms with Crippen LogP contribution >= 0.6 is 0 Å². The highest BCUT2D eigenvalue weighted by Crippen LogP contribution is 2.18. The van der Waals surface area contributed by atoms with Crippen molar-refractivity contribution >= 4 is 17.9 Å². The van der Waals surface area contributed by atoms with Crippen molar-refractivity contribution in [3.05, 3.63) is 39.4 Å². The molecule has 17 heavy (non-hydrogen) atoms. The van der Waals surface area contributed by atoms with Crippen LogP contribution in [0.1, 0.15) is 22.3 Å². The molecule has 1 aromatic rings. The molecular weight excluding hydrogens is 226 g/mol. The van der Waals surface area contributed by atoms with Gasteiger partial charge >= 0.3 is 5.97 Å². The van der Waals surface area contributed by atoms with Gasteiger partial charge in [0.25, 0.3) is 5.69 Å². The quantitative estimate of drug-likeness (QED) is 0.366. The molecule has 1 rings (SSSR count). The molecule has 0 atom stereocenters. The van der Waals surface area contributed by atoms with Crippen LogP contribution in [-0.4, -0.2) is 22.3 Å². The molecule has 0 heterocycles. The molecule has 0 aliphatic heterocycles. The lowest BCUT2D eigenvalue weighted by Gasteiger charge is -1.96. The number of aliphatic carboxylic acids is 1. The monoisotopic (exact) mass is 233 g/mol. The van der Waals surface area contributed by atoms with E-state index in [9.17, 15) is 19.7 Å². The molecule has 0 unspecified atom stereocenters. The van der Waals surface area contributed by atoms with Crippen molar-refractivity contribution in [1.82, 2.24) is 0 Å². The van der Waals surface area contributed by atoms with Gasteiger partial charge in [0, 0.05) is 11.6 Å². The number of carboxylic acids is 1. The molecule has 0 aliphatic carbocycles. The van der Waals surface area contributed by atoms with Crippen LogP contribution in [0, 0.1) is 22.0 Å². The predicted molar refractivity (Wildman–Crippen MR) is 57.6 cm³/mol. The van der Waals surface area contributed by atoms with Crippen LogP contribution in [0.15, 0.2) is 18.2 Å². The van der Waals surface area contributed by atoms with E-state index in [-0.39, 0.29) is 17.7 Å². The summed E-state index contributed by atoms with van der Waals surface area (Å²) >= 11 is 0. The van der Waals surface area contributed by atoms with E-state index >= 15 is 0 Å². The van der Waals surface area contributed by atoms with Gasteiger partial charge in [-0.3, -0.25) is 19.7 Å². The number of rotatable bonds is 3. The van der Waals surface area contributed by atoms with Crippen molar-refractivity contribution < 1.29 is 19.6 Å². The van der Waals surface area contributed by atoms with Crippen LogP contribution in [0.4, 0.5) is 5.69 Å². The van der Waals surface area contributed by atoms with Crippen LogP contribution in [0.5, 0.6) is 0 Å². The Morgan fingerprint density at radius 1 is 1.53 bits per heavy atom. The standard InChI is InChI=1S/C11H7NO5/c13-7-9-5-4-8(2-1-3-11(14)15)6-10(9)12(16)17/h4-7H,3H2,(H,14,15). The minimum atomic E-state index is -1.07. The summed E-state index contributed by atoms with van der Waals surface area (Å²) in [6.07, 6.45) is 0.0375. The lowest BCUT2D eigenvalue weighted by molar-refractivity contribution is -0.385. The van der Waals surface area contributed by atoms with E-state index in [4.69, 9.17) is 5.11 Å². The average molecular weight is 233 g/mol. The maximum absolute atomic E-state index is 10.6. The van der Waals surface area contributed by atoms with Gasteiger partial charge in [0.2, 0.25) is 0 Å².